The van der Waals surface area contributed by atoms with E-state index in [1.54, 1.807) is 23.3 Å². The molecule has 2 saturated carbocycles. The van der Waals surface area contributed by atoms with E-state index in [1.165, 1.54) is 81.0 Å². The fraction of sp³-hybridized carbons (Fsp3) is 0.385. The third-order valence-corrected chi connectivity index (χ3v) is 10.8. The Morgan fingerprint density at radius 3 is 1.23 bits per heavy atom. The van der Waals surface area contributed by atoms with Crippen molar-refractivity contribution >= 4 is 30.2 Å². The molecule has 4 aliphatic carbocycles. The summed E-state index contributed by atoms with van der Waals surface area (Å²) in [6.07, 6.45) is 14.9. The molecule has 0 bridgehead atoms. The topological polar surface area (TPSA) is 40.5 Å². The molecule has 4 aliphatic rings. The molecule has 4 heteroatoms. The average molecular weight is 844 g/mol. The molecule has 0 amide bonds. The van der Waals surface area contributed by atoms with Crippen molar-refractivity contribution in [3.8, 4) is 11.5 Å². The minimum absolute atomic E-state index is 0. The van der Waals surface area contributed by atoms with E-state index in [0.29, 0.717) is 11.5 Å². The van der Waals surface area contributed by atoms with Gasteiger partial charge in [0.05, 0.1) is 0 Å². The molecule has 2 N–H and O–H groups in total. The summed E-state index contributed by atoms with van der Waals surface area (Å²) >= 11 is 1.36. The van der Waals surface area contributed by atoms with E-state index in [0.717, 1.165) is 34.8 Å². The summed E-state index contributed by atoms with van der Waals surface area (Å²) in [5.41, 5.74) is 7.68. The molecule has 4 aromatic rings. The van der Waals surface area contributed by atoms with Crippen LogP contribution >= 0.6 is 0 Å². The summed E-state index contributed by atoms with van der Waals surface area (Å²) < 4.78 is 0. The van der Waals surface area contributed by atoms with Gasteiger partial charge in [-0.3, -0.25) is 0 Å². The molecular formula is C52H68O2SiZr-4. The Hall–Kier alpha value is -3.20. The van der Waals surface area contributed by atoms with Crippen LogP contribution in [-0.4, -0.2) is 17.1 Å². The zero-order chi connectivity index (χ0) is 39.8. The number of aryl methyl sites for hydroxylation is 2. The van der Waals surface area contributed by atoms with Crippen molar-refractivity contribution in [2.24, 2.45) is 23.7 Å². The summed E-state index contributed by atoms with van der Waals surface area (Å²) in [6.45, 7) is 24.4. The van der Waals surface area contributed by atoms with Crippen LogP contribution in [0.1, 0.15) is 103 Å². The van der Waals surface area contributed by atoms with E-state index in [1.807, 2.05) is 38.1 Å². The summed E-state index contributed by atoms with van der Waals surface area (Å²) in [5, 5.41) is 25.0. The van der Waals surface area contributed by atoms with Gasteiger partial charge in [-0.15, -0.1) is 22.6 Å². The number of rotatable bonds is 0. The first-order chi connectivity index (χ1) is 25.5. The standard InChI is InChI=1S/2C14H15.2C11H16O.2CH3.Si.Zr/c2*1-10-8-12-7-6-11-4-2-3-5-13(11)14(12)9-10;2*1-8-5-6-10(12)9(7-8)11(2,3)4;;;;/h2*2-6,9-10,12H,7-8H2,1H3;2*5-7,12H,1-4H3;2*1H3;;/q2*-1;;;2*-1;;. The minimum atomic E-state index is 0. The third kappa shape index (κ3) is 12.9. The van der Waals surface area contributed by atoms with E-state index in [4.69, 9.17) is 0 Å². The van der Waals surface area contributed by atoms with Gasteiger partial charge in [-0.2, -0.15) is 10.4 Å². The number of aromatic hydroxyl groups is 2. The molecule has 4 unspecified atom stereocenters. The van der Waals surface area contributed by atoms with Crippen molar-refractivity contribution in [3.63, 3.8) is 0 Å². The van der Waals surface area contributed by atoms with Crippen LogP contribution < -0.4 is 20.9 Å². The molecular weight excluding hydrogens is 776 g/mol. The summed E-state index contributed by atoms with van der Waals surface area (Å²) in [5.74, 6) is 3.95. The predicted octanol–water partition coefficient (Wildman–Crippen LogP) is 10.3. The Labute approximate surface area is 358 Å². The zero-order valence-corrected chi connectivity index (χ0v) is 39.9. The molecule has 56 heavy (non-hydrogen) atoms. The first kappa shape index (κ1) is 48.9. The summed E-state index contributed by atoms with van der Waals surface area (Å²) in [7, 11) is 0. The molecule has 2 radical (unpaired) electrons. The molecule has 300 valence electrons. The van der Waals surface area contributed by atoms with Crippen molar-refractivity contribution in [1.82, 2.24) is 0 Å². The second-order valence-electron chi connectivity index (χ2n) is 17.7. The normalized spacial score (nSPS) is 19.4. The number of fused-ring (bicyclic) bond motifs is 4. The van der Waals surface area contributed by atoms with E-state index in [9.17, 15) is 10.2 Å². The van der Waals surface area contributed by atoms with Crippen LogP contribution in [0.25, 0.3) is 23.3 Å². The molecule has 4 aromatic carbocycles. The van der Waals surface area contributed by atoms with Crippen LogP contribution in [-0.2, 0) is 34.2 Å². The number of phenols is 2. The van der Waals surface area contributed by atoms with E-state index in [2.05, 4.69) is 136 Å². The average Bonchev–Trinajstić information content (AvgIpc) is 3.72. The van der Waals surface area contributed by atoms with Crippen molar-refractivity contribution in [3.05, 3.63) is 156 Å². The van der Waals surface area contributed by atoms with Gasteiger partial charge in [-0.25, -0.2) is 24.0 Å². The summed E-state index contributed by atoms with van der Waals surface area (Å²) in [4.78, 5) is 0. The van der Waals surface area contributed by atoms with Crippen LogP contribution in [0.4, 0.5) is 0 Å². The fourth-order valence-electron chi connectivity index (χ4n) is 8.15. The molecule has 0 spiro atoms. The molecule has 2 nitrogen and oxygen atoms in total. The van der Waals surface area contributed by atoms with Gasteiger partial charge in [0.1, 0.15) is 11.5 Å². The van der Waals surface area contributed by atoms with Gasteiger partial charge < -0.3 is 25.1 Å². The predicted molar refractivity (Wildman–Crippen MR) is 241 cm³/mol. The Morgan fingerprint density at radius 2 is 0.911 bits per heavy atom. The number of hydrogen-bond acceptors (Lipinski definition) is 2. The van der Waals surface area contributed by atoms with Crippen LogP contribution in [0.15, 0.2) is 84.9 Å². The molecule has 0 saturated heterocycles. The number of hydrogen-bond donors (Lipinski definition) is 2. The molecule has 0 heterocycles. The van der Waals surface area contributed by atoms with Gasteiger partial charge in [-0.1, -0.05) is 164 Å². The van der Waals surface area contributed by atoms with Crippen LogP contribution in [0.3, 0.4) is 0 Å². The SMILES string of the molecule is CC1[CH-]C2=c3ccccc3=CCC2C1.CC1[CH-]C2=c3ccccc3=CCC2C1.Cc1ccc(O)c(C(C)(C)C)c1.Cc1ccc(O)c(C(C)(C)C)c1.[CH3-].[CH3-].[Si]=[Zr]. The first-order valence-electron chi connectivity index (χ1n) is 19.6. The summed E-state index contributed by atoms with van der Waals surface area (Å²) in [6, 6.07) is 29.0. The Kier molecular flexibility index (Phi) is 18.8. The van der Waals surface area contributed by atoms with Crippen LogP contribution in [0.5, 0.6) is 11.5 Å². The molecule has 0 aromatic heterocycles. The number of benzene rings is 4. The van der Waals surface area contributed by atoms with Crippen molar-refractivity contribution in [2.45, 2.75) is 106 Å². The molecule has 4 atom stereocenters. The molecule has 2 fully saturated rings. The fourth-order valence-corrected chi connectivity index (χ4v) is 8.15. The van der Waals surface area contributed by atoms with E-state index < -0.39 is 0 Å². The second kappa shape index (κ2) is 21.5. The van der Waals surface area contributed by atoms with Crippen molar-refractivity contribution < 1.29 is 33.5 Å². The van der Waals surface area contributed by atoms with E-state index >= 15 is 0 Å². The van der Waals surface area contributed by atoms with Gasteiger partial charge in [0.15, 0.2) is 0 Å². The maximum atomic E-state index is 9.57. The van der Waals surface area contributed by atoms with Gasteiger partial charge in [0, 0.05) is 0 Å². The van der Waals surface area contributed by atoms with Crippen LogP contribution in [0, 0.1) is 65.2 Å². The van der Waals surface area contributed by atoms with Crippen molar-refractivity contribution in [2.75, 3.05) is 0 Å². The Balaban J connectivity index is 0.000000252. The quantitative estimate of drug-likeness (QED) is 0.137. The molecule has 0 aliphatic heterocycles. The van der Waals surface area contributed by atoms with Crippen molar-refractivity contribution in [1.29, 1.82) is 0 Å². The Bertz CT molecular complexity index is 1980. The van der Waals surface area contributed by atoms with Gasteiger partial charge in [0.2, 0.25) is 0 Å². The third-order valence-electron chi connectivity index (χ3n) is 10.8. The zero-order valence-electron chi connectivity index (χ0n) is 36.4. The second-order valence-corrected chi connectivity index (χ2v) is 17.7. The van der Waals surface area contributed by atoms with Gasteiger partial charge >= 0.3 is 30.2 Å². The van der Waals surface area contributed by atoms with E-state index in [-0.39, 0.29) is 25.7 Å². The van der Waals surface area contributed by atoms with Gasteiger partial charge in [0.25, 0.3) is 0 Å². The molecule has 8 rings (SSSR count). The Morgan fingerprint density at radius 1 is 0.571 bits per heavy atom. The monoisotopic (exact) mass is 842 g/mol. The van der Waals surface area contributed by atoms with Gasteiger partial charge in [-0.05, 0) is 72.6 Å². The maximum absolute atomic E-state index is 9.57. The first-order valence-corrected chi connectivity index (χ1v) is 23.8. The number of phenolic OH excluding ortho intramolecular Hbond substituents is 2. The van der Waals surface area contributed by atoms with Crippen LogP contribution in [0.2, 0.25) is 0 Å².